The Morgan fingerprint density at radius 2 is 1.88 bits per heavy atom. The molecular formula is C21H34FN3O. The summed E-state index contributed by atoms with van der Waals surface area (Å²) in [5, 5.41) is 3.54. The van der Waals surface area contributed by atoms with Crippen molar-refractivity contribution >= 4 is 11.4 Å². The van der Waals surface area contributed by atoms with Gasteiger partial charge in [-0.05, 0) is 77.0 Å². The fraction of sp³-hybridized carbons (Fsp3) is 0.714. The average Bonchev–Trinajstić information content (AvgIpc) is 2.62. The number of halogens is 1. The zero-order valence-electron chi connectivity index (χ0n) is 16.5. The van der Waals surface area contributed by atoms with Crippen LogP contribution in [0.15, 0.2) is 12.1 Å². The van der Waals surface area contributed by atoms with Gasteiger partial charge in [0.2, 0.25) is 0 Å². The minimum absolute atomic E-state index is 0.238. The Morgan fingerprint density at radius 3 is 2.50 bits per heavy atom. The summed E-state index contributed by atoms with van der Waals surface area (Å²) in [6.07, 6.45) is 7.44. The molecule has 1 saturated heterocycles. The van der Waals surface area contributed by atoms with Gasteiger partial charge in [0.25, 0.3) is 0 Å². The number of aryl methyl sites for hydroxylation is 1. The number of likely N-dealkylation sites (tertiary alicyclic amines) is 1. The van der Waals surface area contributed by atoms with E-state index >= 15 is 0 Å². The highest BCUT2D eigenvalue weighted by atomic mass is 19.1. The van der Waals surface area contributed by atoms with Gasteiger partial charge in [-0.25, -0.2) is 4.39 Å². The smallest absolute Gasteiger partial charge is 0.128 e. The maximum atomic E-state index is 13.6. The third-order valence-electron chi connectivity index (χ3n) is 6.36. The van der Waals surface area contributed by atoms with Crippen molar-refractivity contribution in [1.82, 2.24) is 4.90 Å². The number of piperidine rings is 1. The second kappa shape index (κ2) is 8.13. The first-order valence-electron chi connectivity index (χ1n) is 10.1. The van der Waals surface area contributed by atoms with Crippen molar-refractivity contribution < 1.29 is 9.13 Å². The van der Waals surface area contributed by atoms with Gasteiger partial charge in [0.15, 0.2) is 0 Å². The standard InChI is InChI=1S/C21H34FN3O/c1-4-26-17-5-9-21(3,10-6-17)25-11-7-16(8-12-25)24-20-13-15(2)18(22)14-19(20)23/h13-14,16-17,24H,4-12,23H2,1-3H3. The highest BCUT2D eigenvalue weighted by Gasteiger charge is 2.38. The van der Waals surface area contributed by atoms with Crippen molar-refractivity contribution in [3.8, 4) is 0 Å². The molecule has 0 spiro atoms. The molecule has 1 aliphatic heterocycles. The lowest BCUT2D eigenvalue weighted by Crippen LogP contribution is -2.53. The average molecular weight is 364 g/mol. The number of nitrogen functional groups attached to an aromatic ring is 1. The molecule has 3 N–H and O–H groups in total. The second-order valence-electron chi connectivity index (χ2n) is 8.25. The van der Waals surface area contributed by atoms with Gasteiger partial charge in [-0.3, -0.25) is 4.90 Å². The number of hydrogen-bond acceptors (Lipinski definition) is 4. The van der Waals surface area contributed by atoms with Crippen LogP contribution in [0.4, 0.5) is 15.8 Å². The van der Waals surface area contributed by atoms with Gasteiger partial charge < -0.3 is 15.8 Å². The Bertz CT molecular complexity index is 606. The summed E-state index contributed by atoms with van der Waals surface area (Å²) in [6.45, 7) is 9.32. The first kappa shape index (κ1) is 19.4. The zero-order chi connectivity index (χ0) is 18.7. The zero-order valence-corrected chi connectivity index (χ0v) is 16.5. The number of ether oxygens (including phenoxy) is 1. The van der Waals surface area contributed by atoms with Crippen molar-refractivity contribution in [2.24, 2.45) is 0 Å². The molecule has 1 aliphatic carbocycles. The van der Waals surface area contributed by atoms with Crippen molar-refractivity contribution in [1.29, 1.82) is 0 Å². The van der Waals surface area contributed by atoms with Gasteiger partial charge >= 0.3 is 0 Å². The van der Waals surface area contributed by atoms with Crippen LogP contribution >= 0.6 is 0 Å². The molecule has 1 saturated carbocycles. The SMILES string of the molecule is CCOC1CCC(C)(N2CCC(Nc3cc(C)c(F)cc3N)CC2)CC1. The lowest BCUT2D eigenvalue weighted by molar-refractivity contribution is -0.0242. The molecule has 1 heterocycles. The summed E-state index contributed by atoms with van der Waals surface area (Å²) >= 11 is 0. The molecule has 0 unspecified atom stereocenters. The molecule has 0 amide bonds. The van der Waals surface area contributed by atoms with Gasteiger partial charge in [-0.15, -0.1) is 0 Å². The molecule has 1 aromatic rings. The molecule has 2 aliphatic rings. The molecule has 1 aromatic carbocycles. The number of anilines is 2. The predicted octanol–water partition coefficient (Wildman–Crippen LogP) is 4.33. The summed E-state index contributed by atoms with van der Waals surface area (Å²) in [7, 11) is 0. The molecule has 0 bridgehead atoms. The molecule has 4 nitrogen and oxygen atoms in total. The monoisotopic (exact) mass is 363 g/mol. The summed E-state index contributed by atoms with van der Waals surface area (Å²) in [4.78, 5) is 2.67. The van der Waals surface area contributed by atoms with Crippen LogP contribution in [0.3, 0.4) is 0 Å². The Balaban J connectivity index is 1.52. The van der Waals surface area contributed by atoms with E-state index in [1.165, 1.54) is 31.7 Å². The van der Waals surface area contributed by atoms with E-state index in [4.69, 9.17) is 10.5 Å². The Hall–Kier alpha value is -1.33. The fourth-order valence-corrected chi connectivity index (χ4v) is 4.54. The lowest BCUT2D eigenvalue weighted by Gasteiger charge is -2.48. The van der Waals surface area contributed by atoms with Crippen LogP contribution in [0, 0.1) is 12.7 Å². The van der Waals surface area contributed by atoms with E-state index in [-0.39, 0.29) is 5.82 Å². The van der Waals surface area contributed by atoms with Crippen molar-refractivity contribution in [2.75, 3.05) is 30.7 Å². The normalized spacial score (nSPS) is 28.2. The van der Waals surface area contributed by atoms with E-state index in [2.05, 4.69) is 24.1 Å². The van der Waals surface area contributed by atoms with Gasteiger partial charge in [0, 0.05) is 31.3 Å². The van der Waals surface area contributed by atoms with Crippen LogP contribution in [-0.2, 0) is 4.74 Å². The predicted molar refractivity (Wildman–Crippen MR) is 106 cm³/mol. The van der Waals surface area contributed by atoms with Crippen LogP contribution in [0.5, 0.6) is 0 Å². The summed E-state index contributed by atoms with van der Waals surface area (Å²) in [6, 6.07) is 3.65. The molecule has 146 valence electrons. The van der Waals surface area contributed by atoms with E-state index in [0.717, 1.165) is 38.2 Å². The van der Waals surface area contributed by atoms with E-state index in [0.29, 0.717) is 28.9 Å². The van der Waals surface area contributed by atoms with Gasteiger partial charge in [0.05, 0.1) is 17.5 Å². The number of benzene rings is 1. The lowest BCUT2D eigenvalue weighted by atomic mass is 9.79. The van der Waals surface area contributed by atoms with Crippen LogP contribution in [0.25, 0.3) is 0 Å². The Labute approximate surface area is 157 Å². The minimum atomic E-state index is -0.238. The largest absolute Gasteiger partial charge is 0.397 e. The Kier molecular flexibility index (Phi) is 6.08. The number of nitrogens with two attached hydrogens (primary N) is 1. The molecule has 3 rings (SSSR count). The van der Waals surface area contributed by atoms with Gasteiger partial charge in [-0.1, -0.05) is 0 Å². The molecule has 0 radical (unpaired) electrons. The van der Waals surface area contributed by atoms with E-state index in [9.17, 15) is 4.39 Å². The van der Waals surface area contributed by atoms with Crippen molar-refractivity contribution in [3.05, 3.63) is 23.5 Å². The first-order chi connectivity index (χ1) is 12.4. The number of rotatable bonds is 5. The fourth-order valence-electron chi connectivity index (χ4n) is 4.54. The quantitative estimate of drug-likeness (QED) is 0.765. The van der Waals surface area contributed by atoms with Crippen molar-refractivity contribution in [3.63, 3.8) is 0 Å². The van der Waals surface area contributed by atoms with Crippen LogP contribution < -0.4 is 11.1 Å². The number of nitrogens with zero attached hydrogens (tertiary/aromatic N) is 1. The van der Waals surface area contributed by atoms with Crippen LogP contribution in [-0.4, -0.2) is 42.3 Å². The van der Waals surface area contributed by atoms with Crippen molar-refractivity contribution in [2.45, 2.75) is 77.0 Å². The topological polar surface area (TPSA) is 50.5 Å². The van der Waals surface area contributed by atoms with Crippen LogP contribution in [0.2, 0.25) is 0 Å². The highest BCUT2D eigenvalue weighted by molar-refractivity contribution is 5.67. The highest BCUT2D eigenvalue weighted by Crippen LogP contribution is 2.36. The summed E-state index contributed by atoms with van der Waals surface area (Å²) in [5.41, 5.74) is 8.30. The minimum Gasteiger partial charge on any atom is -0.397 e. The van der Waals surface area contributed by atoms with E-state index in [1.807, 2.05) is 6.07 Å². The molecule has 26 heavy (non-hydrogen) atoms. The van der Waals surface area contributed by atoms with Gasteiger partial charge in [-0.2, -0.15) is 0 Å². The number of hydrogen-bond donors (Lipinski definition) is 2. The molecule has 0 atom stereocenters. The van der Waals surface area contributed by atoms with Gasteiger partial charge in [0.1, 0.15) is 5.82 Å². The number of nitrogens with one attached hydrogen (secondary N) is 1. The summed E-state index contributed by atoms with van der Waals surface area (Å²) < 4.78 is 19.4. The Morgan fingerprint density at radius 1 is 1.23 bits per heavy atom. The van der Waals surface area contributed by atoms with Crippen LogP contribution in [0.1, 0.15) is 57.9 Å². The maximum Gasteiger partial charge on any atom is 0.128 e. The molecule has 5 heteroatoms. The molecular weight excluding hydrogens is 329 g/mol. The third kappa shape index (κ3) is 4.32. The third-order valence-corrected chi connectivity index (χ3v) is 6.36. The first-order valence-corrected chi connectivity index (χ1v) is 10.1. The maximum absolute atomic E-state index is 13.6. The van der Waals surface area contributed by atoms with E-state index < -0.39 is 0 Å². The summed E-state index contributed by atoms with van der Waals surface area (Å²) in [5.74, 6) is -0.238. The second-order valence-corrected chi connectivity index (χ2v) is 8.25. The molecule has 0 aromatic heterocycles. The molecule has 2 fully saturated rings. The van der Waals surface area contributed by atoms with E-state index in [1.54, 1.807) is 6.92 Å².